The lowest BCUT2D eigenvalue weighted by molar-refractivity contribution is -0.136. The third-order valence-electron chi connectivity index (χ3n) is 3.07. The summed E-state index contributed by atoms with van der Waals surface area (Å²) < 4.78 is 5.70. The third-order valence-corrected chi connectivity index (χ3v) is 3.07. The zero-order valence-electron chi connectivity index (χ0n) is 11.0. The van der Waals surface area contributed by atoms with Crippen LogP contribution < -0.4 is 9.64 Å². The van der Waals surface area contributed by atoms with Gasteiger partial charge in [0.25, 0.3) is 5.91 Å². The van der Waals surface area contributed by atoms with Gasteiger partial charge in [-0.2, -0.15) is 0 Å². The highest BCUT2D eigenvalue weighted by Gasteiger charge is 2.35. The van der Waals surface area contributed by atoms with Crippen LogP contribution in [0, 0.1) is 5.92 Å². The van der Waals surface area contributed by atoms with Crippen LogP contribution in [0.5, 0.6) is 5.75 Å². The molecule has 0 bridgehead atoms. The van der Waals surface area contributed by atoms with Crippen LogP contribution >= 0.6 is 0 Å². The van der Waals surface area contributed by atoms with E-state index in [9.17, 15) is 9.59 Å². The molecule has 1 N–H and O–H groups in total. The first-order valence-electron chi connectivity index (χ1n) is 6.29. The molecule has 0 saturated heterocycles. The molecule has 0 aromatic heterocycles. The van der Waals surface area contributed by atoms with Gasteiger partial charge in [-0.1, -0.05) is 26.0 Å². The maximum absolute atomic E-state index is 12.4. The fraction of sp³-hybridized carbons (Fsp3) is 0.429. The molecular formula is C14H17NO4. The summed E-state index contributed by atoms with van der Waals surface area (Å²) in [6, 6.07) is 7.21. The summed E-state index contributed by atoms with van der Waals surface area (Å²) in [4.78, 5) is 24.6. The van der Waals surface area contributed by atoms with Gasteiger partial charge in [-0.3, -0.25) is 9.59 Å². The Labute approximate surface area is 111 Å². The van der Waals surface area contributed by atoms with Crippen LogP contribution in [0.1, 0.15) is 20.3 Å². The normalized spacial score (nSPS) is 18.2. The van der Waals surface area contributed by atoms with Gasteiger partial charge in [0.2, 0.25) is 0 Å². The lowest BCUT2D eigenvalue weighted by Gasteiger charge is -2.35. The Balaban J connectivity index is 2.32. The molecule has 5 heteroatoms. The van der Waals surface area contributed by atoms with Crippen molar-refractivity contribution in [2.75, 3.05) is 11.4 Å². The number of benzene rings is 1. The molecule has 102 valence electrons. The molecule has 1 aromatic rings. The average Bonchev–Trinajstić information content (AvgIpc) is 2.36. The Hall–Kier alpha value is -2.04. The van der Waals surface area contributed by atoms with E-state index in [0.29, 0.717) is 11.4 Å². The number of ether oxygens (including phenoxy) is 1. The van der Waals surface area contributed by atoms with Crippen molar-refractivity contribution in [2.24, 2.45) is 5.92 Å². The molecule has 1 amide bonds. The Morgan fingerprint density at radius 1 is 1.42 bits per heavy atom. The second-order valence-corrected chi connectivity index (χ2v) is 4.88. The first-order chi connectivity index (χ1) is 9.00. The molecule has 1 unspecified atom stereocenters. The van der Waals surface area contributed by atoms with Crippen LogP contribution in [-0.4, -0.2) is 29.6 Å². The number of amides is 1. The lowest BCUT2D eigenvalue weighted by atomic mass is 10.0. The number of anilines is 1. The van der Waals surface area contributed by atoms with Gasteiger partial charge in [0.1, 0.15) is 5.75 Å². The van der Waals surface area contributed by atoms with E-state index in [4.69, 9.17) is 9.84 Å². The van der Waals surface area contributed by atoms with Crippen LogP contribution in [0.2, 0.25) is 0 Å². The monoisotopic (exact) mass is 263 g/mol. The highest BCUT2D eigenvalue weighted by molar-refractivity contribution is 6.00. The summed E-state index contributed by atoms with van der Waals surface area (Å²) in [5, 5.41) is 8.78. The summed E-state index contributed by atoms with van der Waals surface area (Å²) in [7, 11) is 0. The molecule has 0 fully saturated rings. The molecule has 1 heterocycles. The molecule has 0 spiro atoms. The van der Waals surface area contributed by atoms with Gasteiger partial charge in [0.05, 0.1) is 12.1 Å². The molecule has 1 aromatic carbocycles. The molecule has 1 aliphatic heterocycles. The fourth-order valence-corrected chi connectivity index (χ4v) is 2.10. The Kier molecular flexibility index (Phi) is 3.74. The van der Waals surface area contributed by atoms with E-state index in [1.54, 1.807) is 18.2 Å². The van der Waals surface area contributed by atoms with Crippen molar-refractivity contribution in [1.29, 1.82) is 0 Å². The van der Waals surface area contributed by atoms with E-state index in [0.717, 1.165) is 0 Å². The molecule has 0 radical (unpaired) electrons. The number of para-hydroxylation sites is 2. The van der Waals surface area contributed by atoms with Gasteiger partial charge in [0, 0.05) is 6.54 Å². The van der Waals surface area contributed by atoms with E-state index in [1.165, 1.54) is 4.90 Å². The Bertz CT molecular complexity index is 498. The molecule has 2 rings (SSSR count). The zero-order chi connectivity index (χ0) is 14.0. The number of aliphatic carboxylic acids is 1. The number of carbonyl (C=O) groups excluding carboxylic acids is 1. The van der Waals surface area contributed by atoms with Gasteiger partial charge in [0.15, 0.2) is 6.10 Å². The van der Waals surface area contributed by atoms with Crippen molar-refractivity contribution in [1.82, 2.24) is 0 Å². The highest BCUT2D eigenvalue weighted by Crippen LogP contribution is 2.35. The predicted octanol–water partition coefficient (Wildman–Crippen LogP) is 1.91. The van der Waals surface area contributed by atoms with Crippen LogP contribution in [0.4, 0.5) is 5.69 Å². The van der Waals surface area contributed by atoms with Crippen LogP contribution in [0.15, 0.2) is 24.3 Å². The minimum absolute atomic E-state index is 0.0354. The Morgan fingerprint density at radius 2 is 2.11 bits per heavy atom. The van der Waals surface area contributed by atoms with Gasteiger partial charge in [-0.05, 0) is 18.1 Å². The van der Waals surface area contributed by atoms with E-state index in [2.05, 4.69) is 0 Å². The zero-order valence-corrected chi connectivity index (χ0v) is 11.0. The molecule has 19 heavy (non-hydrogen) atoms. The summed E-state index contributed by atoms with van der Waals surface area (Å²) >= 11 is 0. The molecule has 1 aliphatic rings. The quantitative estimate of drug-likeness (QED) is 0.901. The van der Waals surface area contributed by atoms with E-state index in [-0.39, 0.29) is 24.8 Å². The minimum Gasteiger partial charge on any atom is -0.481 e. The van der Waals surface area contributed by atoms with Gasteiger partial charge < -0.3 is 14.7 Å². The number of rotatable bonds is 4. The first-order valence-corrected chi connectivity index (χ1v) is 6.29. The largest absolute Gasteiger partial charge is 0.481 e. The van der Waals surface area contributed by atoms with E-state index < -0.39 is 12.1 Å². The second kappa shape index (κ2) is 5.30. The standard InChI is InChI=1S/C14H17NO4/c1-9(2)13-14(18)15(8-7-12(16)17)10-5-3-4-6-11(10)19-13/h3-6,9,13H,7-8H2,1-2H3,(H,16,17). The SMILES string of the molecule is CC(C)C1Oc2ccccc2N(CCC(=O)O)C1=O. The Morgan fingerprint density at radius 3 is 2.74 bits per heavy atom. The van der Waals surface area contributed by atoms with Crippen molar-refractivity contribution >= 4 is 17.6 Å². The van der Waals surface area contributed by atoms with E-state index >= 15 is 0 Å². The van der Waals surface area contributed by atoms with Crippen molar-refractivity contribution in [2.45, 2.75) is 26.4 Å². The summed E-state index contributed by atoms with van der Waals surface area (Å²) in [5.74, 6) is -0.424. The minimum atomic E-state index is -0.919. The highest BCUT2D eigenvalue weighted by atomic mass is 16.5. The second-order valence-electron chi connectivity index (χ2n) is 4.88. The number of fused-ring (bicyclic) bond motifs is 1. The smallest absolute Gasteiger partial charge is 0.305 e. The fourth-order valence-electron chi connectivity index (χ4n) is 2.10. The van der Waals surface area contributed by atoms with Crippen LogP contribution in [0.3, 0.4) is 0 Å². The predicted molar refractivity (Wildman–Crippen MR) is 70.3 cm³/mol. The molecule has 0 aliphatic carbocycles. The summed E-state index contributed by atoms with van der Waals surface area (Å²) in [6.45, 7) is 3.98. The van der Waals surface area contributed by atoms with Gasteiger partial charge in [-0.25, -0.2) is 0 Å². The summed E-state index contributed by atoms with van der Waals surface area (Å²) in [5.41, 5.74) is 0.644. The molecule has 1 atom stereocenters. The van der Waals surface area contributed by atoms with Crippen LogP contribution in [0.25, 0.3) is 0 Å². The number of carbonyl (C=O) groups is 2. The third kappa shape index (κ3) is 2.70. The number of hydrogen-bond donors (Lipinski definition) is 1. The maximum Gasteiger partial charge on any atom is 0.305 e. The number of nitrogens with zero attached hydrogens (tertiary/aromatic N) is 1. The van der Waals surface area contributed by atoms with E-state index in [1.807, 2.05) is 19.9 Å². The van der Waals surface area contributed by atoms with Gasteiger partial charge >= 0.3 is 5.97 Å². The number of carboxylic acid groups (broad SMARTS) is 1. The van der Waals surface area contributed by atoms with Gasteiger partial charge in [-0.15, -0.1) is 0 Å². The molecule has 5 nitrogen and oxygen atoms in total. The topological polar surface area (TPSA) is 66.8 Å². The van der Waals surface area contributed by atoms with Crippen molar-refractivity contribution in [3.8, 4) is 5.75 Å². The average molecular weight is 263 g/mol. The summed E-state index contributed by atoms with van der Waals surface area (Å²) in [6.07, 6.45) is -0.631. The molecule has 0 saturated carbocycles. The van der Waals surface area contributed by atoms with Crippen molar-refractivity contribution in [3.63, 3.8) is 0 Å². The number of hydrogen-bond acceptors (Lipinski definition) is 3. The van der Waals surface area contributed by atoms with Crippen molar-refractivity contribution in [3.05, 3.63) is 24.3 Å². The number of carboxylic acids is 1. The first kappa shape index (κ1) is 13.4. The lowest BCUT2D eigenvalue weighted by Crippen LogP contribution is -2.49. The molecular weight excluding hydrogens is 246 g/mol. The van der Waals surface area contributed by atoms with Crippen molar-refractivity contribution < 1.29 is 19.4 Å². The maximum atomic E-state index is 12.4. The van der Waals surface area contributed by atoms with Crippen LogP contribution in [-0.2, 0) is 9.59 Å².